The van der Waals surface area contributed by atoms with Crippen LogP contribution >= 0.6 is 0 Å². The average molecular weight is 586 g/mol. The smallest absolute Gasteiger partial charge is 0.269 e. The molecule has 3 heterocycles. The molecule has 43 heavy (non-hydrogen) atoms. The Kier molecular flexibility index (Phi) is 8.10. The Hall–Kier alpha value is -4.71. The van der Waals surface area contributed by atoms with Gasteiger partial charge in [0.15, 0.2) is 5.69 Å². The number of likely N-dealkylation sites (tertiary alicyclic amines) is 1. The lowest BCUT2D eigenvalue weighted by molar-refractivity contribution is -0.139. The first kappa shape index (κ1) is 28.4. The number of alkyl halides is 1. The number of rotatable bonds is 9. The molecule has 2 aromatic heterocycles. The molecular formula is C31H32FN7O4. The number of nitrogens with two attached hydrogens (primary N) is 1. The van der Waals surface area contributed by atoms with Crippen LogP contribution in [0.15, 0.2) is 67.0 Å². The van der Waals surface area contributed by atoms with Gasteiger partial charge >= 0.3 is 0 Å². The van der Waals surface area contributed by atoms with Crippen molar-refractivity contribution in [3.05, 3.63) is 78.2 Å². The van der Waals surface area contributed by atoms with Gasteiger partial charge in [-0.25, -0.2) is 4.39 Å². The number of halogens is 1. The van der Waals surface area contributed by atoms with E-state index in [0.717, 1.165) is 36.0 Å². The molecule has 1 saturated carbocycles. The van der Waals surface area contributed by atoms with Gasteiger partial charge in [-0.15, -0.1) is 0 Å². The summed E-state index contributed by atoms with van der Waals surface area (Å²) in [4.78, 5) is 40.4. The molecule has 1 aliphatic heterocycles. The summed E-state index contributed by atoms with van der Waals surface area (Å²) in [7, 11) is 0. The van der Waals surface area contributed by atoms with Gasteiger partial charge in [-0.1, -0.05) is 36.4 Å². The number of fused-ring (bicyclic) bond motifs is 1. The van der Waals surface area contributed by atoms with Crippen molar-refractivity contribution in [1.29, 1.82) is 0 Å². The van der Waals surface area contributed by atoms with Crippen LogP contribution < -0.4 is 11.1 Å². The van der Waals surface area contributed by atoms with E-state index >= 15 is 0 Å². The number of hydrogen-bond acceptors (Lipinski definition) is 7. The van der Waals surface area contributed by atoms with Crippen molar-refractivity contribution in [2.24, 2.45) is 5.73 Å². The van der Waals surface area contributed by atoms with E-state index < -0.39 is 29.9 Å². The zero-order chi connectivity index (χ0) is 29.9. The molecule has 11 nitrogen and oxygen atoms in total. The van der Waals surface area contributed by atoms with Crippen LogP contribution in [0, 0.1) is 0 Å². The quantitative estimate of drug-likeness (QED) is 0.307. The van der Waals surface area contributed by atoms with Gasteiger partial charge in [-0.2, -0.15) is 15.3 Å². The van der Waals surface area contributed by atoms with Gasteiger partial charge in [0.25, 0.3) is 5.91 Å². The molecule has 2 unspecified atom stereocenters. The highest BCUT2D eigenvalue weighted by Gasteiger charge is 2.41. The van der Waals surface area contributed by atoms with Crippen molar-refractivity contribution >= 4 is 28.6 Å². The molecule has 2 aromatic carbocycles. The van der Waals surface area contributed by atoms with Crippen molar-refractivity contribution in [1.82, 2.24) is 30.2 Å². The fourth-order valence-corrected chi connectivity index (χ4v) is 6.00. The number of carbonyl (C=O) groups excluding carboxylic acids is 3. The molecule has 12 heteroatoms. The van der Waals surface area contributed by atoms with Gasteiger partial charge in [0, 0.05) is 17.4 Å². The molecule has 3 amide bonds. The van der Waals surface area contributed by atoms with Crippen LogP contribution in [-0.2, 0) is 27.5 Å². The monoisotopic (exact) mass is 585 g/mol. The summed E-state index contributed by atoms with van der Waals surface area (Å²) in [5, 5.41) is 15.5. The van der Waals surface area contributed by atoms with E-state index in [1.165, 1.54) is 9.58 Å². The number of benzene rings is 2. The molecule has 2 fully saturated rings. The number of amides is 3. The highest BCUT2D eigenvalue weighted by molar-refractivity contribution is 6.05. The highest BCUT2D eigenvalue weighted by Crippen LogP contribution is 2.28. The molecule has 3 N–H and O–H groups in total. The largest absolute Gasteiger partial charge is 0.371 e. The first-order valence-electron chi connectivity index (χ1n) is 14.3. The van der Waals surface area contributed by atoms with Crippen molar-refractivity contribution in [2.75, 3.05) is 6.54 Å². The molecule has 0 spiro atoms. The highest BCUT2D eigenvalue weighted by atomic mass is 19.1. The van der Waals surface area contributed by atoms with Crippen molar-refractivity contribution in [2.45, 2.75) is 63.2 Å². The zero-order valence-electron chi connectivity index (χ0n) is 23.4. The summed E-state index contributed by atoms with van der Waals surface area (Å²) >= 11 is 0. The number of carbonyl (C=O) groups is 3. The van der Waals surface area contributed by atoms with E-state index in [2.05, 4.69) is 20.6 Å². The molecule has 1 aliphatic carbocycles. The summed E-state index contributed by atoms with van der Waals surface area (Å²) in [6.07, 6.45) is 4.03. The third-order valence-electron chi connectivity index (χ3n) is 8.15. The Balaban J connectivity index is 1.16. The zero-order valence-corrected chi connectivity index (χ0v) is 23.4. The van der Waals surface area contributed by atoms with Gasteiger partial charge in [0.2, 0.25) is 11.8 Å². The van der Waals surface area contributed by atoms with Crippen LogP contribution in [0.1, 0.15) is 41.7 Å². The van der Waals surface area contributed by atoms with E-state index in [0.29, 0.717) is 17.5 Å². The fourth-order valence-electron chi connectivity index (χ4n) is 6.00. The lowest BCUT2D eigenvalue weighted by Crippen LogP contribution is -2.51. The maximum absolute atomic E-state index is 14.7. The predicted octanol–water partition coefficient (Wildman–Crippen LogP) is 2.79. The second-order valence-corrected chi connectivity index (χ2v) is 11.0. The first-order valence-corrected chi connectivity index (χ1v) is 14.3. The molecule has 0 bridgehead atoms. The molecule has 6 rings (SSSR count). The topological polar surface area (TPSA) is 145 Å². The summed E-state index contributed by atoms with van der Waals surface area (Å²) in [6.45, 7) is -0.0518. The average Bonchev–Trinajstić information content (AvgIpc) is 3.74. The number of ether oxygens (including phenoxy) is 1. The van der Waals surface area contributed by atoms with E-state index in [1.807, 2.05) is 36.4 Å². The lowest BCUT2D eigenvalue weighted by Gasteiger charge is -2.27. The van der Waals surface area contributed by atoms with Gasteiger partial charge in [0.05, 0.1) is 43.2 Å². The third kappa shape index (κ3) is 6.09. The van der Waals surface area contributed by atoms with E-state index in [4.69, 9.17) is 10.5 Å². The maximum atomic E-state index is 14.7. The van der Waals surface area contributed by atoms with Crippen molar-refractivity contribution < 1.29 is 23.5 Å². The Morgan fingerprint density at radius 2 is 1.88 bits per heavy atom. The van der Waals surface area contributed by atoms with Crippen molar-refractivity contribution in [3.63, 3.8) is 0 Å². The number of aromatic nitrogens is 4. The lowest BCUT2D eigenvalue weighted by atomic mass is 10.0. The second kappa shape index (κ2) is 12.3. The number of primary amides is 1. The van der Waals surface area contributed by atoms with Crippen molar-refractivity contribution in [3.8, 4) is 11.1 Å². The van der Waals surface area contributed by atoms with Crippen LogP contribution in [0.2, 0.25) is 0 Å². The minimum Gasteiger partial charge on any atom is -0.371 e. The predicted molar refractivity (Wildman–Crippen MR) is 155 cm³/mol. The van der Waals surface area contributed by atoms with E-state index in [-0.39, 0.29) is 37.4 Å². The Morgan fingerprint density at radius 1 is 1.05 bits per heavy atom. The van der Waals surface area contributed by atoms with Gasteiger partial charge in [0.1, 0.15) is 18.8 Å². The number of nitrogens with one attached hydrogen (secondary N) is 1. The molecule has 4 atom stereocenters. The SMILES string of the molecule is NC(=O)c1nn(CC(=O)N2C[C@H](F)C[C@H]2C(=O)NC2CCCC2OCc2ccccc2)c2ccc(-c3ccnnc3)cc12. The molecule has 2 aliphatic rings. The second-order valence-electron chi connectivity index (χ2n) is 11.0. The van der Waals surface area contributed by atoms with E-state index in [9.17, 15) is 18.8 Å². The Bertz CT molecular complexity index is 1630. The Labute approximate surface area is 247 Å². The number of hydrogen-bond donors (Lipinski definition) is 2. The normalized spacial score (nSPS) is 21.7. The summed E-state index contributed by atoms with van der Waals surface area (Å²) in [5.41, 5.74) is 8.73. The van der Waals surface area contributed by atoms with Gasteiger partial charge in [-0.3, -0.25) is 19.1 Å². The number of nitrogens with zero attached hydrogens (tertiary/aromatic N) is 5. The third-order valence-corrected chi connectivity index (χ3v) is 8.15. The van der Waals surface area contributed by atoms with E-state index in [1.54, 1.807) is 30.6 Å². The van der Waals surface area contributed by atoms with Crippen LogP contribution in [0.4, 0.5) is 4.39 Å². The Morgan fingerprint density at radius 3 is 2.65 bits per heavy atom. The summed E-state index contributed by atoms with van der Waals surface area (Å²) in [5.74, 6) is -1.62. The van der Waals surface area contributed by atoms with Gasteiger partial charge < -0.3 is 20.7 Å². The minimum absolute atomic E-state index is 0.00789. The van der Waals surface area contributed by atoms with Crippen LogP contribution in [0.3, 0.4) is 0 Å². The maximum Gasteiger partial charge on any atom is 0.269 e. The molecule has 0 radical (unpaired) electrons. The summed E-state index contributed by atoms with van der Waals surface area (Å²) < 4.78 is 22.1. The fraction of sp³-hybridized carbons (Fsp3) is 0.355. The minimum atomic E-state index is -1.33. The van der Waals surface area contributed by atoms with Crippen LogP contribution in [0.5, 0.6) is 0 Å². The molecule has 1 saturated heterocycles. The molecular weight excluding hydrogens is 553 g/mol. The van der Waals surface area contributed by atoms with Gasteiger partial charge in [-0.05, 0) is 48.6 Å². The standard InChI is InChI=1S/C31H32FN7O4/c32-22-14-26(31(42)36-24-7-4-8-27(24)43-18-19-5-2-1-3-6-19)38(16-22)28(40)17-39-25-10-9-20(21-11-12-34-35-15-21)13-23(25)29(37-39)30(33)41/h1-3,5-6,9-13,15,22,24,26-27H,4,7-8,14,16-18H2,(H2,33,41)(H,36,42)/t22-,24?,26+,27?/m1/s1. The van der Waals surface area contributed by atoms with Crippen LogP contribution in [0.25, 0.3) is 22.0 Å². The first-order chi connectivity index (χ1) is 20.9. The van der Waals surface area contributed by atoms with Crippen LogP contribution in [-0.4, -0.2) is 73.5 Å². The molecule has 222 valence electrons. The molecule has 4 aromatic rings. The summed E-state index contributed by atoms with van der Waals surface area (Å²) in [6, 6.07) is 15.7.